The van der Waals surface area contributed by atoms with Gasteiger partial charge in [0.05, 0.1) is 24.2 Å². The van der Waals surface area contributed by atoms with Crippen LogP contribution in [0.5, 0.6) is 11.5 Å². The first-order chi connectivity index (χ1) is 14.3. The summed E-state index contributed by atoms with van der Waals surface area (Å²) >= 11 is 0. The molecule has 1 atom stereocenters. The number of aryl methyl sites for hydroxylation is 1. The van der Waals surface area contributed by atoms with E-state index in [0.29, 0.717) is 5.70 Å². The maximum absolute atomic E-state index is 11.3. The van der Waals surface area contributed by atoms with Gasteiger partial charge in [-0.05, 0) is 55.7 Å². The first kappa shape index (κ1) is 21.3. The molecular formula is C22H24N4O3S. The molecule has 3 rings (SSSR count). The van der Waals surface area contributed by atoms with E-state index in [4.69, 9.17) is 4.74 Å². The number of ether oxygens (including phenoxy) is 1. The summed E-state index contributed by atoms with van der Waals surface area (Å²) in [5.74, 6) is 7.36. The fourth-order valence-corrected chi connectivity index (χ4v) is 3.40. The maximum atomic E-state index is 11.3. The van der Waals surface area contributed by atoms with Crippen LogP contribution < -0.4 is 20.2 Å². The minimum Gasteiger partial charge on any atom is -0.457 e. The van der Waals surface area contributed by atoms with Gasteiger partial charge in [-0.2, -0.15) is 0 Å². The number of sulfonamides is 1. The normalized spacial score (nSPS) is 14.1. The summed E-state index contributed by atoms with van der Waals surface area (Å²) in [6.07, 6.45) is 6.44. The summed E-state index contributed by atoms with van der Waals surface area (Å²) in [5, 5.41) is 4.79. The molecule has 2 aromatic carbocycles. The van der Waals surface area contributed by atoms with Crippen LogP contribution in [0.4, 0.5) is 5.69 Å². The van der Waals surface area contributed by atoms with Crippen molar-refractivity contribution in [3.05, 3.63) is 78.4 Å². The largest absolute Gasteiger partial charge is 0.457 e. The van der Waals surface area contributed by atoms with E-state index >= 15 is 0 Å². The summed E-state index contributed by atoms with van der Waals surface area (Å²) in [4.78, 5) is 0. The number of anilines is 1. The number of nitrogens with one attached hydrogen (secondary N) is 3. The van der Waals surface area contributed by atoms with Crippen LogP contribution in [-0.2, 0) is 10.0 Å². The molecule has 0 bridgehead atoms. The average Bonchev–Trinajstić information content (AvgIpc) is 2.68. The quantitative estimate of drug-likeness (QED) is 0.618. The molecule has 0 saturated heterocycles. The van der Waals surface area contributed by atoms with Gasteiger partial charge in [0.2, 0.25) is 10.0 Å². The number of hydrazine groups is 1. The Bertz CT molecular complexity index is 1120. The molecule has 8 heteroatoms. The molecule has 156 valence electrons. The van der Waals surface area contributed by atoms with Crippen LogP contribution in [-0.4, -0.2) is 25.7 Å². The van der Waals surface area contributed by atoms with E-state index in [1.807, 2.05) is 61.7 Å². The van der Waals surface area contributed by atoms with Crippen molar-refractivity contribution < 1.29 is 13.2 Å². The van der Waals surface area contributed by atoms with Gasteiger partial charge in [-0.15, -0.1) is 0 Å². The van der Waals surface area contributed by atoms with Crippen LogP contribution in [0.3, 0.4) is 0 Å². The van der Waals surface area contributed by atoms with E-state index in [9.17, 15) is 8.42 Å². The number of allylic oxidation sites excluding steroid dienone is 1. The van der Waals surface area contributed by atoms with Gasteiger partial charge >= 0.3 is 0 Å². The third-order valence-corrected chi connectivity index (χ3v) is 4.74. The lowest BCUT2D eigenvalue weighted by Crippen LogP contribution is -2.30. The topological polar surface area (TPSA) is 82.7 Å². The second kappa shape index (κ2) is 9.39. The first-order valence-electron chi connectivity index (χ1n) is 9.31. The number of hydrogen-bond donors (Lipinski definition) is 3. The molecule has 2 aromatic rings. The van der Waals surface area contributed by atoms with E-state index < -0.39 is 16.1 Å². The number of benzene rings is 2. The molecule has 0 fully saturated rings. The predicted molar refractivity (Wildman–Crippen MR) is 119 cm³/mol. The highest BCUT2D eigenvalue weighted by molar-refractivity contribution is 7.88. The van der Waals surface area contributed by atoms with Crippen molar-refractivity contribution in [3.63, 3.8) is 0 Å². The van der Waals surface area contributed by atoms with Crippen molar-refractivity contribution in [2.45, 2.75) is 19.9 Å². The molecule has 0 aliphatic carbocycles. The first-order valence-corrected chi connectivity index (χ1v) is 11.2. The monoisotopic (exact) mass is 424 g/mol. The van der Waals surface area contributed by atoms with Crippen molar-refractivity contribution in [3.8, 4) is 23.3 Å². The van der Waals surface area contributed by atoms with E-state index in [1.54, 1.807) is 24.3 Å². The maximum Gasteiger partial charge on any atom is 0.209 e. The number of rotatable bonds is 6. The van der Waals surface area contributed by atoms with Gasteiger partial charge in [-0.1, -0.05) is 24.1 Å². The number of hydrogen-bond acceptors (Lipinski definition) is 6. The highest BCUT2D eigenvalue weighted by Crippen LogP contribution is 2.27. The van der Waals surface area contributed by atoms with Gasteiger partial charge < -0.3 is 10.1 Å². The molecule has 3 N–H and O–H groups in total. The molecule has 0 radical (unpaired) electrons. The van der Waals surface area contributed by atoms with Crippen LogP contribution in [0, 0.1) is 18.8 Å². The lowest BCUT2D eigenvalue weighted by Gasteiger charge is -2.22. The molecule has 0 aromatic heterocycles. The van der Waals surface area contributed by atoms with E-state index in [2.05, 4.69) is 27.3 Å². The Kier molecular flexibility index (Phi) is 6.67. The van der Waals surface area contributed by atoms with Crippen LogP contribution in [0.1, 0.15) is 12.5 Å². The van der Waals surface area contributed by atoms with Crippen molar-refractivity contribution in [2.75, 3.05) is 11.7 Å². The zero-order chi connectivity index (χ0) is 21.6. The highest BCUT2D eigenvalue weighted by atomic mass is 32.2. The second-order valence-electron chi connectivity index (χ2n) is 6.80. The minimum absolute atomic E-state index is 0.491. The smallest absolute Gasteiger partial charge is 0.209 e. The van der Waals surface area contributed by atoms with Crippen LogP contribution in [0.2, 0.25) is 0 Å². The van der Waals surface area contributed by atoms with Gasteiger partial charge in [0.25, 0.3) is 0 Å². The van der Waals surface area contributed by atoms with Gasteiger partial charge in [-0.25, -0.2) is 13.1 Å². The Morgan fingerprint density at radius 1 is 1.17 bits per heavy atom. The summed E-state index contributed by atoms with van der Waals surface area (Å²) in [7, 11) is -3.29. The Balaban J connectivity index is 1.65. The average molecular weight is 425 g/mol. The lowest BCUT2D eigenvalue weighted by atomic mass is 10.2. The molecule has 1 aliphatic rings. The molecule has 1 aliphatic heterocycles. The zero-order valence-electron chi connectivity index (χ0n) is 17.0. The predicted octanol–water partition coefficient (Wildman–Crippen LogP) is 3.27. The molecule has 30 heavy (non-hydrogen) atoms. The summed E-state index contributed by atoms with van der Waals surface area (Å²) < 4.78 is 30.8. The van der Waals surface area contributed by atoms with Crippen molar-refractivity contribution in [1.29, 1.82) is 0 Å². The standard InChI is InChI=1S/C22H24N4O3S/c1-17-15-19(11-12-22(17)29-21-7-5-4-6-8-21)24-26-14-13-23-20(16-26)10-9-18(2)25-30(3,27)28/h4-8,11-16,18,23-25H,1-3H3. The minimum atomic E-state index is -3.29. The van der Waals surface area contributed by atoms with Crippen molar-refractivity contribution >= 4 is 15.7 Å². The van der Waals surface area contributed by atoms with Gasteiger partial charge in [0.1, 0.15) is 17.2 Å². The Hall–Kier alpha value is -3.41. The Morgan fingerprint density at radius 2 is 1.93 bits per heavy atom. The fraction of sp³-hybridized carbons (Fsp3) is 0.182. The molecule has 1 heterocycles. The Morgan fingerprint density at radius 3 is 2.63 bits per heavy atom. The van der Waals surface area contributed by atoms with Gasteiger partial charge in [-0.3, -0.25) is 10.4 Å². The molecular weight excluding hydrogens is 400 g/mol. The summed E-state index contributed by atoms with van der Waals surface area (Å²) in [5.41, 5.74) is 5.77. The van der Waals surface area contributed by atoms with Crippen molar-refractivity contribution in [2.24, 2.45) is 0 Å². The summed E-state index contributed by atoms with van der Waals surface area (Å²) in [6, 6.07) is 15.0. The van der Waals surface area contributed by atoms with E-state index in [1.165, 1.54) is 0 Å². The highest BCUT2D eigenvalue weighted by Gasteiger charge is 2.08. The third-order valence-electron chi connectivity index (χ3n) is 3.96. The molecule has 1 unspecified atom stereocenters. The zero-order valence-corrected chi connectivity index (χ0v) is 17.8. The summed E-state index contributed by atoms with van der Waals surface area (Å²) in [6.45, 7) is 3.67. The number of nitrogens with zero attached hydrogens (tertiary/aromatic N) is 1. The molecule has 0 spiro atoms. The van der Waals surface area contributed by atoms with Crippen LogP contribution >= 0.6 is 0 Å². The fourth-order valence-electron chi connectivity index (χ4n) is 2.70. The van der Waals surface area contributed by atoms with E-state index in [-0.39, 0.29) is 0 Å². The molecule has 0 saturated carbocycles. The Labute approximate surface area is 177 Å². The van der Waals surface area contributed by atoms with Crippen molar-refractivity contribution in [1.82, 2.24) is 15.0 Å². The van der Waals surface area contributed by atoms with E-state index in [0.717, 1.165) is 29.0 Å². The lowest BCUT2D eigenvalue weighted by molar-refractivity contribution is 0.479. The molecule has 0 amide bonds. The van der Waals surface area contributed by atoms with Gasteiger partial charge in [0.15, 0.2) is 0 Å². The van der Waals surface area contributed by atoms with Crippen LogP contribution in [0.25, 0.3) is 0 Å². The number of para-hydroxylation sites is 1. The second-order valence-corrected chi connectivity index (χ2v) is 8.58. The van der Waals surface area contributed by atoms with Crippen LogP contribution in [0.15, 0.2) is 72.8 Å². The molecule has 7 nitrogen and oxygen atoms in total. The SMILES string of the molecule is Cc1cc(NN2C=CNC(C#CC(C)NS(C)(=O)=O)=C2)ccc1Oc1ccccc1. The third kappa shape index (κ3) is 6.58. The van der Waals surface area contributed by atoms with Gasteiger partial charge in [0, 0.05) is 12.4 Å².